The molecule has 1 heterocycles. The highest BCUT2D eigenvalue weighted by molar-refractivity contribution is 5.79. The fourth-order valence-electron chi connectivity index (χ4n) is 1.76. The van der Waals surface area contributed by atoms with Crippen LogP contribution in [0.4, 0.5) is 0 Å². The first-order valence-electron chi connectivity index (χ1n) is 5.83. The van der Waals surface area contributed by atoms with Crippen molar-refractivity contribution in [1.29, 1.82) is 5.26 Å². The van der Waals surface area contributed by atoms with Gasteiger partial charge >= 0.3 is 5.76 Å². The molecule has 0 saturated heterocycles. The first kappa shape index (κ1) is 12.9. The van der Waals surface area contributed by atoms with Gasteiger partial charge in [-0.3, -0.25) is 9.36 Å². The SMILES string of the molecule is CN(CCC#N)C(=O)Cn1c(=O)oc2ccccc21. The average molecular weight is 259 g/mol. The summed E-state index contributed by atoms with van der Waals surface area (Å²) in [5.74, 6) is -0.785. The van der Waals surface area contributed by atoms with Gasteiger partial charge in [0.2, 0.25) is 5.91 Å². The van der Waals surface area contributed by atoms with E-state index in [9.17, 15) is 9.59 Å². The number of amides is 1. The third kappa shape index (κ3) is 2.65. The van der Waals surface area contributed by atoms with Crippen LogP contribution in [0.1, 0.15) is 6.42 Å². The highest BCUT2D eigenvalue weighted by Gasteiger charge is 2.14. The molecule has 0 unspecified atom stereocenters. The molecule has 0 atom stereocenters. The third-order valence-electron chi connectivity index (χ3n) is 2.85. The summed E-state index contributed by atoms with van der Waals surface area (Å²) < 4.78 is 6.34. The maximum atomic E-state index is 11.9. The van der Waals surface area contributed by atoms with E-state index in [1.165, 1.54) is 9.47 Å². The van der Waals surface area contributed by atoms with E-state index in [0.29, 0.717) is 17.6 Å². The van der Waals surface area contributed by atoms with Crippen LogP contribution in [0.5, 0.6) is 0 Å². The molecule has 6 nitrogen and oxygen atoms in total. The van der Waals surface area contributed by atoms with E-state index in [2.05, 4.69) is 0 Å². The third-order valence-corrected chi connectivity index (χ3v) is 2.85. The standard InChI is InChI=1S/C13H13N3O3/c1-15(8-4-7-14)12(17)9-16-10-5-2-3-6-11(10)19-13(16)18/h2-3,5-6H,4,8-9H2,1H3. The summed E-state index contributed by atoms with van der Waals surface area (Å²) >= 11 is 0. The number of likely N-dealkylation sites (N-methyl/N-ethyl adjacent to an activating group) is 1. The number of benzene rings is 1. The van der Waals surface area contributed by atoms with Crippen LogP contribution < -0.4 is 5.76 Å². The molecule has 0 radical (unpaired) electrons. The van der Waals surface area contributed by atoms with Crippen LogP contribution in [-0.4, -0.2) is 29.0 Å². The number of oxazole rings is 1. The molecule has 0 spiro atoms. The van der Waals surface area contributed by atoms with Gasteiger partial charge in [-0.05, 0) is 12.1 Å². The lowest BCUT2D eigenvalue weighted by atomic mass is 10.3. The number of rotatable bonds is 4. The molecule has 1 aromatic heterocycles. The minimum absolute atomic E-state index is 0.0855. The highest BCUT2D eigenvalue weighted by Crippen LogP contribution is 2.11. The van der Waals surface area contributed by atoms with Gasteiger partial charge in [0, 0.05) is 13.6 Å². The Morgan fingerprint density at radius 2 is 2.21 bits per heavy atom. The molecular weight excluding hydrogens is 246 g/mol. The lowest BCUT2D eigenvalue weighted by Gasteiger charge is -2.15. The Morgan fingerprint density at radius 1 is 1.47 bits per heavy atom. The van der Waals surface area contributed by atoms with Gasteiger partial charge in [0.25, 0.3) is 0 Å². The van der Waals surface area contributed by atoms with E-state index in [1.807, 2.05) is 6.07 Å². The van der Waals surface area contributed by atoms with Gasteiger partial charge in [0.1, 0.15) is 6.54 Å². The summed E-state index contributed by atoms with van der Waals surface area (Å²) in [5, 5.41) is 8.48. The summed E-state index contributed by atoms with van der Waals surface area (Å²) in [6.45, 7) is 0.262. The predicted molar refractivity (Wildman–Crippen MR) is 68.3 cm³/mol. The van der Waals surface area contributed by atoms with E-state index in [-0.39, 0.29) is 18.9 Å². The summed E-state index contributed by atoms with van der Waals surface area (Å²) in [4.78, 5) is 25.0. The zero-order chi connectivity index (χ0) is 13.8. The van der Waals surface area contributed by atoms with Crippen molar-refractivity contribution in [3.63, 3.8) is 0 Å². The van der Waals surface area contributed by atoms with Gasteiger partial charge in [-0.25, -0.2) is 4.79 Å². The van der Waals surface area contributed by atoms with Crippen LogP contribution in [0.2, 0.25) is 0 Å². The largest absolute Gasteiger partial charge is 0.420 e. The Labute approximate surface area is 109 Å². The molecule has 0 aliphatic heterocycles. The second-order valence-corrected chi connectivity index (χ2v) is 4.15. The molecule has 0 bridgehead atoms. The van der Waals surface area contributed by atoms with Crippen molar-refractivity contribution in [2.75, 3.05) is 13.6 Å². The number of carbonyl (C=O) groups is 1. The van der Waals surface area contributed by atoms with Crippen LogP contribution in [0.15, 0.2) is 33.5 Å². The van der Waals surface area contributed by atoms with E-state index in [1.54, 1.807) is 31.3 Å². The van der Waals surface area contributed by atoms with Crippen molar-refractivity contribution in [3.05, 3.63) is 34.8 Å². The molecule has 1 amide bonds. The van der Waals surface area contributed by atoms with Crippen LogP contribution in [0.3, 0.4) is 0 Å². The average Bonchev–Trinajstić information content (AvgIpc) is 2.72. The lowest BCUT2D eigenvalue weighted by molar-refractivity contribution is -0.130. The van der Waals surface area contributed by atoms with Crippen LogP contribution in [0, 0.1) is 11.3 Å². The number of hydrogen-bond acceptors (Lipinski definition) is 4. The molecular formula is C13H13N3O3. The topological polar surface area (TPSA) is 79.2 Å². The van der Waals surface area contributed by atoms with Gasteiger partial charge in [-0.15, -0.1) is 0 Å². The van der Waals surface area contributed by atoms with Gasteiger partial charge in [0.15, 0.2) is 5.58 Å². The minimum atomic E-state index is -0.553. The number of nitriles is 1. The van der Waals surface area contributed by atoms with E-state index in [0.717, 1.165) is 0 Å². The van der Waals surface area contributed by atoms with E-state index in [4.69, 9.17) is 9.68 Å². The molecule has 0 N–H and O–H groups in total. The zero-order valence-corrected chi connectivity index (χ0v) is 10.5. The smallest absolute Gasteiger partial charge is 0.408 e. The zero-order valence-electron chi connectivity index (χ0n) is 10.5. The summed E-state index contributed by atoms with van der Waals surface area (Å²) in [5.41, 5.74) is 1.05. The molecule has 0 fully saturated rings. The van der Waals surface area contributed by atoms with Gasteiger partial charge in [-0.1, -0.05) is 12.1 Å². The Bertz CT molecular complexity index is 693. The first-order chi connectivity index (χ1) is 9.13. The fourth-order valence-corrected chi connectivity index (χ4v) is 1.76. The second kappa shape index (κ2) is 5.40. The molecule has 6 heteroatoms. The number of hydrogen-bond donors (Lipinski definition) is 0. The second-order valence-electron chi connectivity index (χ2n) is 4.15. The van der Waals surface area contributed by atoms with Crippen molar-refractivity contribution in [2.24, 2.45) is 0 Å². The predicted octanol–water partition coefficient (Wildman–Crippen LogP) is 0.967. The number of fused-ring (bicyclic) bond motifs is 1. The molecule has 1 aromatic carbocycles. The van der Waals surface area contributed by atoms with Crippen molar-refractivity contribution in [1.82, 2.24) is 9.47 Å². The van der Waals surface area contributed by atoms with E-state index < -0.39 is 5.76 Å². The Morgan fingerprint density at radius 3 is 2.95 bits per heavy atom. The van der Waals surface area contributed by atoms with Gasteiger partial charge in [0.05, 0.1) is 18.0 Å². The normalized spacial score (nSPS) is 10.3. The fraction of sp³-hybridized carbons (Fsp3) is 0.308. The summed E-state index contributed by atoms with van der Waals surface area (Å²) in [6.07, 6.45) is 0.267. The number of aromatic nitrogens is 1. The summed E-state index contributed by atoms with van der Waals surface area (Å²) in [6, 6.07) is 8.91. The molecule has 0 aliphatic carbocycles. The molecule has 0 aliphatic rings. The maximum absolute atomic E-state index is 11.9. The molecule has 98 valence electrons. The minimum Gasteiger partial charge on any atom is -0.408 e. The quantitative estimate of drug-likeness (QED) is 0.819. The van der Waals surface area contributed by atoms with Gasteiger partial charge in [-0.2, -0.15) is 5.26 Å². The molecule has 19 heavy (non-hydrogen) atoms. The Kier molecular flexibility index (Phi) is 3.66. The Hall–Kier alpha value is -2.55. The van der Waals surface area contributed by atoms with Crippen LogP contribution >= 0.6 is 0 Å². The molecule has 2 rings (SSSR count). The highest BCUT2D eigenvalue weighted by atomic mass is 16.4. The van der Waals surface area contributed by atoms with Gasteiger partial charge < -0.3 is 9.32 Å². The monoisotopic (exact) mass is 259 g/mol. The maximum Gasteiger partial charge on any atom is 0.420 e. The van der Waals surface area contributed by atoms with Crippen LogP contribution in [0.25, 0.3) is 11.1 Å². The molecule has 0 saturated carbocycles. The van der Waals surface area contributed by atoms with E-state index >= 15 is 0 Å². The van der Waals surface area contributed by atoms with Crippen molar-refractivity contribution >= 4 is 17.0 Å². The van der Waals surface area contributed by atoms with Crippen molar-refractivity contribution in [3.8, 4) is 6.07 Å². The first-order valence-corrected chi connectivity index (χ1v) is 5.83. The van der Waals surface area contributed by atoms with Crippen LogP contribution in [-0.2, 0) is 11.3 Å². The lowest BCUT2D eigenvalue weighted by Crippen LogP contribution is -2.33. The van der Waals surface area contributed by atoms with Crippen molar-refractivity contribution < 1.29 is 9.21 Å². The van der Waals surface area contributed by atoms with Crippen molar-refractivity contribution in [2.45, 2.75) is 13.0 Å². The number of nitrogens with zero attached hydrogens (tertiary/aromatic N) is 3. The molecule has 2 aromatic rings. The number of carbonyl (C=O) groups excluding carboxylic acids is 1. The number of para-hydroxylation sites is 2. The Balaban J connectivity index is 2.22. The summed E-state index contributed by atoms with van der Waals surface area (Å²) in [7, 11) is 1.60.